The number of thioether (sulfide) groups is 2. The molecule has 2 N–H and O–H groups in total. The molecule has 0 saturated carbocycles. The second-order valence-electron chi connectivity index (χ2n) is 10.1. The van der Waals surface area contributed by atoms with E-state index in [4.69, 9.17) is 9.73 Å². The van der Waals surface area contributed by atoms with Crippen LogP contribution in [0.1, 0.15) is 77.2 Å². The third-order valence-electron chi connectivity index (χ3n) is 6.24. The van der Waals surface area contributed by atoms with E-state index in [9.17, 15) is 9.59 Å². The van der Waals surface area contributed by atoms with E-state index in [1.165, 1.54) is 0 Å². The minimum Gasteiger partial charge on any atom is -0.488 e. The van der Waals surface area contributed by atoms with Gasteiger partial charge >= 0.3 is 0 Å². The van der Waals surface area contributed by atoms with E-state index < -0.39 is 0 Å². The molecule has 2 aromatic rings. The third kappa shape index (κ3) is 12.1. The Bertz CT molecular complexity index is 1170. The summed E-state index contributed by atoms with van der Waals surface area (Å²) < 4.78 is 6.12. The first-order valence-corrected chi connectivity index (χ1v) is 16.5. The Morgan fingerprint density at radius 2 is 1.67 bits per heavy atom. The van der Waals surface area contributed by atoms with Gasteiger partial charge in [0, 0.05) is 41.1 Å². The molecule has 0 radical (unpaired) electrons. The lowest BCUT2D eigenvalue weighted by molar-refractivity contribution is 0.0928. The first kappa shape index (κ1) is 37.0. The highest BCUT2D eigenvalue weighted by molar-refractivity contribution is 8.24. The minimum atomic E-state index is -0.174. The van der Waals surface area contributed by atoms with E-state index in [1.54, 1.807) is 30.9 Å². The van der Waals surface area contributed by atoms with Gasteiger partial charge in [-0.05, 0) is 60.7 Å². The highest BCUT2D eigenvalue weighted by Gasteiger charge is 2.26. The Morgan fingerprint density at radius 3 is 2.17 bits per heavy atom. The Hall–Kier alpha value is -3.04. The number of amides is 1. The summed E-state index contributed by atoms with van der Waals surface area (Å²) in [4.78, 5) is 30.1. The molecular formula is C33H48N4O3S2. The first-order chi connectivity index (χ1) is 20.2. The fourth-order valence-corrected chi connectivity index (χ4v) is 5.64. The van der Waals surface area contributed by atoms with Crippen LogP contribution in [0.3, 0.4) is 0 Å². The summed E-state index contributed by atoms with van der Waals surface area (Å²) in [6.45, 7) is 14.9. The Morgan fingerprint density at radius 1 is 1.02 bits per heavy atom. The summed E-state index contributed by atoms with van der Waals surface area (Å²) >= 11 is 2.67. The number of hydrogen-bond acceptors (Lipinski definition) is 8. The van der Waals surface area contributed by atoms with Crippen LogP contribution in [0.4, 0.5) is 0 Å². The number of nitrogens with zero attached hydrogens (tertiary/aromatic N) is 2. The average Bonchev–Trinajstić information content (AvgIpc) is 2.99. The van der Waals surface area contributed by atoms with Crippen LogP contribution in [-0.4, -0.2) is 48.7 Å². The Kier molecular flexibility index (Phi) is 17.6. The molecule has 1 amide bonds. The lowest BCUT2D eigenvalue weighted by Gasteiger charge is -2.26. The van der Waals surface area contributed by atoms with Gasteiger partial charge in [-0.2, -0.15) is 5.10 Å². The number of carbonyl (C=O) groups is 2. The predicted octanol–water partition coefficient (Wildman–Crippen LogP) is 7.82. The summed E-state index contributed by atoms with van der Waals surface area (Å²) in [6, 6.07) is 17.0. The highest BCUT2D eigenvalue weighted by atomic mass is 32.2. The molecule has 9 heteroatoms. The molecule has 2 unspecified atom stereocenters. The van der Waals surface area contributed by atoms with Crippen molar-refractivity contribution >= 4 is 46.3 Å². The number of nitrogens with one attached hydrogen (secondary N) is 2. The maximum absolute atomic E-state index is 13.1. The van der Waals surface area contributed by atoms with Gasteiger partial charge < -0.3 is 15.5 Å². The molecule has 2 rings (SSSR count). The average molecular weight is 613 g/mol. The number of rotatable bonds is 14. The maximum atomic E-state index is 13.1. The summed E-state index contributed by atoms with van der Waals surface area (Å²) in [5.41, 5.74) is 5.93. The van der Waals surface area contributed by atoms with Crippen LogP contribution in [0.5, 0.6) is 5.75 Å². The molecule has 0 aromatic heterocycles. The van der Waals surface area contributed by atoms with Crippen molar-refractivity contribution in [3.63, 3.8) is 0 Å². The van der Waals surface area contributed by atoms with E-state index in [1.807, 2.05) is 82.6 Å². The van der Waals surface area contributed by atoms with Gasteiger partial charge in [-0.3, -0.25) is 14.6 Å². The van der Waals surface area contributed by atoms with Gasteiger partial charge in [-0.25, -0.2) is 0 Å². The molecule has 0 bridgehead atoms. The SMILES string of the molecule is CC.CCC(NC(=O)c1ccc(OC/C(SC)=C(/N=Cc2ccccc2)C(C)(C)C)cc1)C(CC)/C(=N/NC)SC=O. The van der Waals surface area contributed by atoms with Crippen molar-refractivity contribution in [2.45, 2.75) is 67.3 Å². The molecular weight excluding hydrogens is 565 g/mol. The molecule has 230 valence electrons. The fraction of sp³-hybridized carbons (Fsp3) is 0.455. The van der Waals surface area contributed by atoms with Crippen molar-refractivity contribution < 1.29 is 14.3 Å². The second-order valence-corrected chi connectivity index (χ2v) is 11.8. The zero-order valence-electron chi connectivity index (χ0n) is 26.6. The lowest BCUT2D eigenvalue weighted by Crippen LogP contribution is -2.42. The Labute approximate surface area is 261 Å². The molecule has 0 spiro atoms. The predicted molar refractivity (Wildman–Crippen MR) is 183 cm³/mol. The van der Waals surface area contributed by atoms with Crippen molar-refractivity contribution in [2.24, 2.45) is 21.4 Å². The van der Waals surface area contributed by atoms with Gasteiger partial charge in [-0.15, -0.1) is 11.8 Å². The molecule has 0 aliphatic rings. The number of carbonyl (C=O) groups excluding carboxylic acids is 2. The molecule has 7 nitrogen and oxygen atoms in total. The number of hydrazone groups is 1. The van der Waals surface area contributed by atoms with Crippen molar-refractivity contribution in [1.29, 1.82) is 0 Å². The van der Waals surface area contributed by atoms with Crippen LogP contribution in [-0.2, 0) is 4.79 Å². The van der Waals surface area contributed by atoms with E-state index in [0.29, 0.717) is 29.4 Å². The number of hydrogen-bond donors (Lipinski definition) is 2. The molecule has 0 heterocycles. The summed E-state index contributed by atoms with van der Waals surface area (Å²) in [7, 11) is 1.70. The van der Waals surface area contributed by atoms with E-state index in [-0.39, 0.29) is 23.3 Å². The smallest absolute Gasteiger partial charge is 0.251 e. The van der Waals surface area contributed by atoms with Crippen molar-refractivity contribution in [3.05, 3.63) is 76.3 Å². The summed E-state index contributed by atoms with van der Waals surface area (Å²) in [5.74, 6) is 0.428. The molecule has 42 heavy (non-hydrogen) atoms. The zero-order chi connectivity index (χ0) is 31.5. The van der Waals surface area contributed by atoms with Gasteiger partial charge in [-0.1, -0.05) is 78.8 Å². The number of allylic oxidation sites excluding steroid dienone is 1. The monoisotopic (exact) mass is 612 g/mol. The standard InChI is InChI=1S/C31H42N4O3S2.C2H6/c1-8-25(30(35-32-6)40-21-36)26(9-2)34-29(37)23-15-17-24(18-16-23)38-20-27(39-7)28(31(3,4)5)33-19-22-13-11-10-12-14-22;1-2/h10-19,21,25-26,32H,8-9,20H2,1-7H3,(H,34,37);1-2H3/b28-27-,33-19?,35-30-;. The zero-order valence-corrected chi connectivity index (χ0v) is 28.2. The second kappa shape index (κ2) is 20.0. The highest BCUT2D eigenvalue weighted by Crippen LogP contribution is 2.33. The number of aliphatic imine (C=N–C) groups is 1. The summed E-state index contributed by atoms with van der Waals surface area (Å²) in [5, 5.41) is 8.05. The fourth-order valence-electron chi connectivity index (χ4n) is 4.16. The molecule has 0 saturated heterocycles. The van der Waals surface area contributed by atoms with Crippen LogP contribution in [0.2, 0.25) is 0 Å². The summed E-state index contributed by atoms with van der Waals surface area (Å²) in [6.07, 6.45) is 5.37. The lowest BCUT2D eigenvalue weighted by atomic mass is 9.92. The van der Waals surface area contributed by atoms with Gasteiger partial charge in [0.1, 0.15) is 17.4 Å². The van der Waals surface area contributed by atoms with Gasteiger partial charge in [0.15, 0.2) is 5.62 Å². The van der Waals surface area contributed by atoms with E-state index >= 15 is 0 Å². The first-order valence-electron chi connectivity index (χ1n) is 14.4. The molecule has 2 aromatic carbocycles. The van der Waals surface area contributed by atoms with Crippen LogP contribution in [0, 0.1) is 11.3 Å². The number of benzene rings is 2. The van der Waals surface area contributed by atoms with E-state index in [2.05, 4.69) is 36.6 Å². The molecule has 2 atom stereocenters. The van der Waals surface area contributed by atoms with Crippen LogP contribution in [0.15, 0.2) is 75.3 Å². The molecule has 0 aliphatic heterocycles. The van der Waals surface area contributed by atoms with Gasteiger partial charge in [0.2, 0.25) is 0 Å². The van der Waals surface area contributed by atoms with Crippen molar-refractivity contribution in [2.75, 3.05) is 19.9 Å². The van der Waals surface area contributed by atoms with E-state index in [0.717, 1.165) is 40.0 Å². The molecule has 0 fully saturated rings. The normalized spacial score (nSPS) is 13.8. The maximum Gasteiger partial charge on any atom is 0.251 e. The van der Waals surface area contributed by atoms with Crippen LogP contribution < -0.4 is 15.5 Å². The van der Waals surface area contributed by atoms with Crippen LogP contribution in [0.25, 0.3) is 0 Å². The number of ether oxygens (including phenoxy) is 1. The van der Waals surface area contributed by atoms with Crippen molar-refractivity contribution in [3.8, 4) is 5.75 Å². The van der Waals surface area contributed by atoms with Crippen LogP contribution >= 0.6 is 23.5 Å². The Balaban J connectivity index is 0.00000431. The topological polar surface area (TPSA) is 92.2 Å². The third-order valence-corrected chi connectivity index (χ3v) is 7.78. The molecule has 0 aliphatic carbocycles. The quantitative estimate of drug-likeness (QED) is 0.0978. The van der Waals surface area contributed by atoms with Gasteiger partial charge in [0.25, 0.3) is 5.91 Å². The largest absolute Gasteiger partial charge is 0.488 e. The minimum absolute atomic E-state index is 0.0717. The van der Waals surface area contributed by atoms with Crippen molar-refractivity contribution in [1.82, 2.24) is 10.7 Å². The van der Waals surface area contributed by atoms with Gasteiger partial charge in [0.05, 0.1) is 5.70 Å².